The van der Waals surface area contributed by atoms with E-state index in [2.05, 4.69) is 10.3 Å². The molecule has 0 fully saturated rings. The van der Waals surface area contributed by atoms with Crippen molar-refractivity contribution in [1.29, 1.82) is 0 Å². The van der Waals surface area contributed by atoms with Crippen LogP contribution in [-0.2, 0) is 11.2 Å². The van der Waals surface area contributed by atoms with Gasteiger partial charge >= 0.3 is 11.9 Å². The van der Waals surface area contributed by atoms with Gasteiger partial charge in [-0.15, -0.1) is 0 Å². The van der Waals surface area contributed by atoms with Gasteiger partial charge in [0.25, 0.3) is 6.01 Å². The third-order valence-electron chi connectivity index (χ3n) is 2.57. The quantitative estimate of drug-likeness (QED) is 0.765. The van der Waals surface area contributed by atoms with E-state index in [1.54, 1.807) is 19.1 Å². The minimum Gasteiger partial charge on any atom is -0.481 e. The van der Waals surface area contributed by atoms with Gasteiger partial charge < -0.3 is 19.9 Å². The molecule has 0 amide bonds. The first-order valence-corrected chi connectivity index (χ1v) is 5.74. The summed E-state index contributed by atoms with van der Waals surface area (Å²) in [6.45, 7) is 1.64. The number of oxazole rings is 1. The van der Waals surface area contributed by atoms with E-state index in [0.29, 0.717) is 11.4 Å². The molecule has 0 bridgehead atoms. The van der Waals surface area contributed by atoms with E-state index >= 15 is 0 Å². The Hall–Kier alpha value is -2.83. The minimum absolute atomic E-state index is 0.126. The molecule has 0 saturated carbocycles. The molecule has 1 aromatic heterocycles. The highest BCUT2D eigenvalue weighted by molar-refractivity contribution is 5.88. The van der Waals surface area contributed by atoms with Crippen molar-refractivity contribution in [3.8, 4) is 0 Å². The second-order valence-corrected chi connectivity index (χ2v) is 4.11. The van der Waals surface area contributed by atoms with Crippen molar-refractivity contribution >= 4 is 23.6 Å². The van der Waals surface area contributed by atoms with Crippen LogP contribution in [-0.4, -0.2) is 27.1 Å². The number of aromatic carboxylic acids is 1. The molecule has 0 atom stereocenters. The van der Waals surface area contributed by atoms with E-state index in [1.165, 1.54) is 12.1 Å². The highest BCUT2D eigenvalue weighted by Crippen LogP contribution is 2.20. The number of benzene rings is 1. The number of carboxylic acids is 2. The zero-order valence-electron chi connectivity index (χ0n) is 10.6. The van der Waals surface area contributed by atoms with Crippen LogP contribution < -0.4 is 5.32 Å². The SMILES string of the molecule is Cc1nc(Nc2cccc(C(=O)O)c2)oc1CC(=O)O. The molecule has 7 heteroatoms. The van der Waals surface area contributed by atoms with Gasteiger partial charge in [0, 0.05) is 5.69 Å². The van der Waals surface area contributed by atoms with Gasteiger partial charge in [0.2, 0.25) is 0 Å². The predicted molar refractivity (Wildman–Crippen MR) is 69.3 cm³/mol. The predicted octanol–water partition coefficient (Wildman–Crippen LogP) is 2.05. The first-order chi connectivity index (χ1) is 9.45. The van der Waals surface area contributed by atoms with Gasteiger partial charge in [-0.3, -0.25) is 4.79 Å². The molecule has 0 spiro atoms. The topological polar surface area (TPSA) is 113 Å². The van der Waals surface area contributed by atoms with Crippen molar-refractivity contribution in [2.45, 2.75) is 13.3 Å². The molecule has 0 aliphatic heterocycles. The van der Waals surface area contributed by atoms with Crippen LogP contribution in [0.15, 0.2) is 28.7 Å². The average Bonchev–Trinajstić information content (AvgIpc) is 2.69. The lowest BCUT2D eigenvalue weighted by Gasteiger charge is -2.02. The third kappa shape index (κ3) is 3.14. The number of aromatic nitrogens is 1. The summed E-state index contributed by atoms with van der Waals surface area (Å²) in [5, 5.41) is 20.4. The lowest BCUT2D eigenvalue weighted by Crippen LogP contribution is -1.99. The van der Waals surface area contributed by atoms with Crippen LogP contribution in [0, 0.1) is 6.92 Å². The molecule has 0 radical (unpaired) electrons. The number of aryl methyl sites for hydroxylation is 1. The van der Waals surface area contributed by atoms with Crippen molar-refractivity contribution < 1.29 is 24.2 Å². The molecule has 0 aliphatic carbocycles. The van der Waals surface area contributed by atoms with Crippen molar-refractivity contribution in [2.24, 2.45) is 0 Å². The summed E-state index contributed by atoms with van der Waals surface area (Å²) in [5.41, 5.74) is 1.10. The molecule has 20 heavy (non-hydrogen) atoms. The summed E-state index contributed by atoms with van der Waals surface area (Å²) in [4.78, 5) is 25.5. The molecule has 3 N–H and O–H groups in total. The van der Waals surface area contributed by atoms with E-state index < -0.39 is 11.9 Å². The van der Waals surface area contributed by atoms with Gasteiger partial charge in [0.1, 0.15) is 12.2 Å². The largest absolute Gasteiger partial charge is 0.481 e. The molecule has 2 rings (SSSR count). The maximum atomic E-state index is 10.9. The molecule has 0 saturated heterocycles. The van der Waals surface area contributed by atoms with E-state index in [0.717, 1.165) is 0 Å². The Kier molecular flexibility index (Phi) is 3.69. The highest BCUT2D eigenvalue weighted by Gasteiger charge is 2.13. The monoisotopic (exact) mass is 276 g/mol. The second kappa shape index (κ2) is 5.43. The van der Waals surface area contributed by atoms with Crippen molar-refractivity contribution in [3.05, 3.63) is 41.3 Å². The highest BCUT2D eigenvalue weighted by atomic mass is 16.4. The summed E-state index contributed by atoms with van der Waals surface area (Å²) in [5.74, 6) is -1.79. The summed E-state index contributed by atoms with van der Waals surface area (Å²) in [6, 6.07) is 6.26. The molecular formula is C13H12N2O5. The fourth-order valence-corrected chi connectivity index (χ4v) is 1.64. The maximum Gasteiger partial charge on any atom is 0.335 e. The molecule has 1 heterocycles. The zero-order valence-corrected chi connectivity index (χ0v) is 10.6. The number of aliphatic carboxylic acids is 1. The Morgan fingerprint density at radius 1 is 1.35 bits per heavy atom. The van der Waals surface area contributed by atoms with E-state index in [1.807, 2.05) is 0 Å². The lowest BCUT2D eigenvalue weighted by atomic mass is 10.2. The Morgan fingerprint density at radius 2 is 2.10 bits per heavy atom. The Morgan fingerprint density at radius 3 is 2.75 bits per heavy atom. The maximum absolute atomic E-state index is 10.9. The molecule has 2 aromatic rings. The van der Waals surface area contributed by atoms with Crippen LogP contribution in [0.5, 0.6) is 0 Å². The first kappa shape index (κ1) is 13.6. The molecular weight excluding hydrogens is 264 g/mol. The molecule has 7 nitrogen and oxygen atoms in total. The van der Waals surface area contributed by atoms with E-state index in [-0.39, 0.29) is 23.8 Å². The number of hydrogen-bond donors (Lipinski definition) is 3. The fourth-order valence-electron chi connectivity index (χ4n) is 1.64. The number of nitrogens with zero attached hydrogens (tertiary/aromatic N) is 1. The van der Waals surface area contributed by atoms with Crippen LogP contribution in [0.3, 0.4) is 0 Å². The number of hydrogen-bond acceptors (Lipinski definition) is 5. The number of carboxylic acid groups (broad SMARTS) is 2. The average molecular weight is 276 g/mol. The lowest BCUT2D eigenvalue weighted by molar-refractivity contribution is -0.136. The Labute approximate surface area is 113 Å². The van der Waals surface area contributed by atoms with Crippen LogP contribution in [0.1, 0.15) is 21.8 Å². The van der Waals surface area contributed by atoms with Crippen molar-refractivity contribution in [2.75, 3.05) is 5.32 Å². The number of anilines is 2. The van der Waals surface area contributed by atoms with Crippen LogP contribution in [0.2, 0.25) is 0 Å². The van der Waals surface area contributed by atoms with Gasteiger partial charge in [-0.2, -0.15) is 4.98 Å². The third-order valence-corrected chi connectivity index (χ3v) is 2.57. The number of carbonyl (C=O) groups is 2. The molecule has 104 valence electrons. The van der Waals surface area contributed by atoms with Crippen molar-refractivity contribution in [1.82, 2.24) is 4.98 Å². The van der Waals surface area contributed by atoms with Gasteiger partial charge in [-0.25, -0.2) is 4.79 Å². The van der Waals surface area contributed by atoms with Crippen LogP contribution in [0.4, 0.5) is 11.7 Å². The smallest absolute Gasteiger partial charge is 0.335 e. The fraction of sp³-hybridized carbons (Fsp3) is 0.154. The molecule has 1 aromatic carbocycles. The van der Waals surface area contributed by atoms with Gasteiger partial charge in [-0.1, -0.05) is 6.07 Å². The van der Waals surface area contributed by atoms with E-state index in [9.17, 15) is 9.59 Å². The Bertz CT molecular complexity index is 663. The van der Waals surface area contributed by atoms with Gasteiger partial charge in [0.05, 0.1) is 11.3 Å². The Balaban J connectivity index is 2.20. The van der Waals surface area contributed by atoms with Gasteiger partial charge in [0.15, 0.2) is 0 Å². The summed E-state index contributed by atoms with van der Waals surface area (Å²) >= 11 is 0. The molecule has 0 unspecified atom stereocenters. The number of nitrogens with one attached hydrogen (secondary N) is 1. The summed E-state index contributed by atoms with van der Waals surface area (Å²) in [6.07, 6.45) is -0.254. The normalized spacial score (nSPS) is 10.2. The second-order valence-electron chi connectivity index (χ2n) is 4.11. The summed E-state index contributed by atoms with van der Waals surface area (Å²) in [7, 11) is 0. The first-order valence-electron chi connectivity index (χ1n) is 5.74. The van der Waals surface area contributed by atoms with Crippen LogP contribution in [0.25, 0.3) is 0 Å². The van der Waals surface area contributed by atoms with E-state index in [4.69, 9.17) is 14.6 Å². The van der Waals surface area contributed by atoms with Crippen molar-refractivity contribution in [3.63, 3.8) is 0 Å². The minimum atomic E-state index is -1.04. The van der Waals surface area contributed by atoms with Crippen LogP contribution >= 0.6 is 0 Å². The zero-order chi connectivity index (χ0) is 14.7. The molecule has 0 aliphatic rings. The standard InChI is InChI=1S/C13H12N2O5/c1-7-10(6-11(16)17)20-13(14-7)15-9-4-2-3-8(5-9)12(18)19/h2-5H,6H2,1H3,(H,14,15)(H,16,17)(H,18,19). The van der Waals surface area contributed by atoms with Gasteiger partial charge in [-0.05, 0) is 25.1 Å². The summed E-state index contributed by atoms with van der Waals surface area (Å²) < 4.78 is 5.28. The number of rotatable bonds is 5.